The van der Waals surface area contributed by atoms with E-state index in [0.717, 1.165) is 22.0 Å². The van der Waals surface area contributed by atoms with Gasteiger partial charge in [0.15, 0.2) is 0 Å². The SMILES string of the molecule is C[Si]CCC[Si](Cl)(Cl)Cl. The van der Waals surface area contributed by atoms with Gasteiger partial charge in [0.2, 0.25) is 0 Å². The topological polar surface area (TPSA) is 0 Å². The van der Waals surface area contributed by atoms with Gasteiger partial charge in [-0.25, -0.2) is 0 Å². The summed E-state index contributed by atoms with van der Waals surface area (Å²) in [6, 6.07) is -0.246. The molecular formula is C4H9Cl3Si2. The molecule has 0 spiro atoms. The lowest BCUT2D eigenvalue weighted by Gasteiger charge is -2.04. The monoisotopic (exact) mass is 218 g/mol. The van der Waals surface area contributed by atoms with E-state index in [1.54, 1.807) is 0 Å². The average molecular weight is 220 g/mol. The Morgan fingerprint density at radius 3 is 2.22 bits per heavy atom. The van der Waals surface area contributed by atoms with Crippen molar-refractivity contribution >= 4 is 48.8 Å². The van der Waals surface area contributed by atoms with Gasteiger partial charge in [-0.2, -0.15) is 0 Å². The molecule has 0 unspecified atom stereocenters. The molecule has 0 saturated carbocycles. The quantitative estimate of drug-likeness (QED) is 0.387. The van der Waals surface area contributed by atoms with Gasteiger partial charge in [0.25, 0.3) is 0 Å². The highest BCUT2D eigenvalue weighted by Crippen LogP contribution is 2.26. The van der Waals surface area contributed by atoms with E-state index in [1.165, 1.54) is 6.04 Å². The van der Waals surface area contributed by atoms with Gasteiger partial charge < -0.3 is 0 Å². The lowest BCUT2D eigenvalue weighted by molar-refractivity contribution is 1.06. The third-order valence-corrected chi connectivity index (χ3v) is 4.36. The zero-order chi connectivity index (χ0) is 7.33. The third kappa shape index (κ3) is 9.30. The predicted octanol–water partition coefficient (Wildman–Crippen LogP) is 3.20. The van der Waals surface area contributed by atoms with Gasteiger partial charge >= 0.3 is 6.00 Å². The van der Waals surface area contributed by atoms with Crippen molar-refractivity contribution < 1.29 is 0 Å². The fourth-order valence-electron chi connectivity index (χ4n) is 0.466. The van der Waals surface area contributed by atoms with Crippen LogP contribution in [0.4, 0.5) is 0 Å². The zero-order valence-corrected chi connectivity index (χ0v) is 9.52. The summed E-state index contributed by atoms with van der Waals surface area (Å²) in [6.45, 7) is 2.17. The normalized spacial score (nSPS) is 12.0. The molecule has 0 bridgehead atoms. The summed E-state index contributed by atoms with van der Waals surface area (Å²) >= 11 is 16.9. The molecule has 54 valence electrons. The van der Waals surface area contributed by atoms with Gasteiger partial charge in [-0.3, -0.25) is 0 Å². The van der Waals surface area contributed by atoms with Gasteiger partial charge in [-0.1, -0.05) is 19.0 Å². The fraction of sp³-hybridized carbons (Fsp3) is 1.00. The van der Waals surface area contributed by atoms with E-state index in [9.17, 15) is 0 Å². The van der Waals surface area contributed by atoms with Crippen LogP contribution in [-0.4, -0.2) is 15.5 Å². The van der Waals surface area contributed by atoms with Crippen LogP contribution in [-0.2, 0) is 0 Å². The molecule has 0 aliphatic rings. The molecule has 0 heterocycles. The molecule has 9 heavy (non-hydrogen) atoms. The lowest BCUT2D eigenvalue weighted by atomic mass is 10.6. The molecule has 0 aromatic rings. The van der Waals surface area contributed by atoms with Crippen molar-refractivity contribution in [2.75, 3.05) is 0 Å². The molecule has 0 amide bonds. The molecular weight excluding hydrogens is 211 g/mol. The molecule has 0 aliphatic carbocycles. The Morgan fingerprint density at radius 2 is 1.89 bits per heavy atom. The number of hydrogen-bond acceptors (Lipinski definition) is 0. The first-order valence-corrected chi connectivity index (χ1v) is 9.72. The first kappa shape index (κ1) is 10.3. The highest BCUT2D eigenvalue weighted by molar-refractivity contribution is 7.64. The van der Waals surface area contributed by atoms with Crippen LogP contribution in [0.3, 0.4) is 0 Å². The molecule has 5 heteroatoms. The van der Waals surface area contributed by atoms with Crippen LogP contribution < -0.4 is 0 Å². The maximum atomic E-state index is 5.64. The highest BCUT2D eigenvalue weighted by atomic mass is 35.8. The van der Waals surface area contributed by atoms with E-state index < -0.39 is 6.00 Å². The molecule has 0 nitrogen and oxygen atoms in total. The van der Waals surface area contributed by atoms with Crippen LogP contribution in [0, 0.1) is 0 Å². The molecule has 0 aromatic carbocycles. The fourth-order valence-corrected chi connectivity index (χ4v) is 3.13. The molecule has 0 fully saturated rings. The van der Waals surface area contributed by atoms with Gasteiger partial charge in [0.05, 0.1) is 0 Å². The summed E-state index contributed by atoms with van der Waals surface area (Å²) < 4.78 is 0. The zero-order valence-electron chi connectivity index (χ0n) is 5.26. The highest BCUT2D eigenvalue weighted by Gasteiger charge is 2.23. The summed E-state index contributed by atoms with van der Waals surface area (Å²) in [6.07, 6.45) is 1.08. The number of rotatable bonds is 4. The van der Waals surface area contributed by atoms with Crippen molar-refractivity contribution in [2.24, 2.45) is 0 Å². The van der Waals surface area contributed by atoms with E-state index in [-0.39, 0.29) is 0 Å². The van der Waals surface area contributed by atoms with Crippen molar-refractivity contribution in [1.82, 2.24) is 0 Å². The van der Waals surface area contributed by atoms with Crippen molar-refractivity contribution in [3.63, 3.8) is 0 Å². The van der Waals surface area contributed by atoms with Crippen LogP contribution in [0.25, 0.3) is 0 Å². The second-order valence-corrected chi connectivity index (χ2v) is 12.3. The standard InChI is InChI=1S/C4H9Cl3Si2/c1-8-3-2-4-9(5,6)7/h2-4H2,1H3. The molecule has 0 aromatic heterocycles. The first-order chi connectivity index (χ1) is 4.06. The van der Waals surface area contributed by atoms with Crippen LogP contribution in [0.1, 0.15) is 6.42 Å². The second-order valence-electron chi connectivity index (χ2n) is 1.82. The van der Waals surface area contributed by atoms with Crippen LogP contribution in [0.5, 0.6) is 0 Å². The van der Waals surface area contributed by atoms with E-state index in [2.05, 4.69) is 6.55 Å². The van der Waals surface area contributed by atoms with E-state index in [1.807, 2.05) is 0 Å². The molecule has 2 radical (unpaired) electrons. The maximum absolute atomic E-state index is 5.64. The number of halogens is 3. The predicted molar refractivity (Wildman–Crippen MR) is 49.2 cm³/mol. The lowest BCUT2D eigenvalue weighted by Crippen LogP contribution is -2.07. The Labute approximate surface area is 73.8 Å². The van der Waals surface area contributed by atoms with Gasteiger partial charge in [0.1, 0.15) is 0 Å². The summed E-state index contributed by atoms with van der Waals surface area (Å²) in [7, 11) is 0.990. The Morgan fingerprint density at radius 1 is 1.33 bits per heavy atom. The molecule has 0 aliphatic heterocycles. The summed E-state index contributed by atoms with van der Waals surface area (Å²) in [5.74, 6) is 0. The van der Waals surface area contributed by atoms with E-state index in [4.69, 9.17) is 33.2 Å². The van der Waals surface area contributed by atoms with E-state index in [0.29, 0.717) is 0 Å². The largest absolute Gasteiger partial charge is 0.341 e. The summed E-state index contributed by atoms with van der Waals surface area (Å²) in [5.41, 5.74) is 0. The third-order valence-electron chi connectivity index (χ3n) is 0.887. The molecule has 0 atom stereocenters. The van der Waals surface area contributed by atoms with Crippen molar-refractivity contribution in [1.29, 1.82) is 0 Å². The van der Waals surface area contributed by atoms with Crippen molar-refractivity contribution in [2.45, 2.75) is 25.1 Å². The molecule has 0 saturated heterocycles. The van der Waals surface area contributed by atoms with Crippen LogP contribution in [0.2, 0.25) is 18.6 Å². The first-order valence-electron chi connectivity index (χ1n) is 2.77. The van der Waals surface area contributed by atoms with Gasteiger partial charge in [0, 0.05) is 9.52 Å². The van der Waals surface area contributed by atoms with Crippen LogP contribution in [0.15, 0.2) is 0 Å². The molecule has 0 N–H and O–H groups in total. The minimum absolute atomic E-state index is 0.818. The summed E-state index contributed by atoms with van der Waals surface area (Å²) in [4.78, 5) is 0. The Bertz CT molecular complexity index is 70.7. The van der Waals surface area contributed by atoms with E-state index >= 15 is 0 Å². The maximum Gasteiger partial charge on any atom is 0.341 e. The van der Waals surface area contributed by atoms with Gasteiger partial charge in [-0.15, -0.1) is 33.2 Å². The van der Waals surface area contributed by atoms with Crippen LogP contribution >= 0.6 is 33.2 Å². The Balaban J connectivity index is 3.07. The smallest absolute Gasteiger partial charge is 0.126 e. The molecule has 0 rings (SSSR count). The minimum Gasteiger partial charge on any atom is -0.126 e. The van der Waals surface area contributed by atoms with Crippen molar-refractivity contribution in [3.8, 4) is 0 Å². The number of hydrogen-bond donors (Lipinski definition) is 0. The minimum atomic E-state index is -2.27. The average Bonchev–Trinajstić information content (AvgIpc) is 1.63. The van der Waals surface area contributed by atoms with Gasteiger partial charge in [-0.05, 0) is 6.04 Å². The van der Waals surface area contributed by atoms with Crippen molar-refractivity contribution in [3.05, 3.63) is 0 Å². The Kier molecular flexibility index (Phi) is 5.75. The second kappa shape index (κ2) is 5.02. The summed E-state index contributed by atoms with van der Waals surface area (Å²) in [5, 5.41) is 0. The Hall–Kier alpha value is 1.30.